The van der Waals surface area contributed by atoms with Gasteiger partial charge in [0.15, 0.2) is 0 Å². The van der Waals surface area contributed by atoms with Crippen LogP contribution in [0.25, 0.3) is 0 Å². The molecule has 1 saturated carbocycles. The van der Waals surface area contributed by atoms with Gasteiger partial charge < -0.3 is 10.4 Å². The van der Waals surface area contributed by atoms with Crippen molar-refractivity contribution in [3.63, 3.8) is 0 Å². The Morgan fingerprint density at radius 1 is 1.26 bits per heavy atom. The number of nitrogens with one attached hydrogen (secondary N) is 1. The Morgan fingerprint density at radius 3 is 2.63 bits per heavy atom. The SMILES string of the molecule is O=C(Cc1ccncc1)NCC1CCCCC1CO. The summed E-state index contributed by atoms with van der Waals surface area (Å²) in [5.74, 6) is 0.837. The van der Waals surface area contributed by atoms with Gasteiger partial charge in [-0.05, 0) is 42.4 Å². The largest absolute Gasteiger partial charge is 0.396 e. The van der Waals surface area contributed by atoms with Gasteiger partial charge >= 0.3 is 0 Å². The van der Waals surface area contributed by atoms with E-state index in [2.05, 4.69) is 10.3 Å². The minimum Gasteiger partial charge on any atom is -0.396 e. The highest BCUT2D eigenvalue weighted by atomic mass is 16.3. The molecule has 0 radical (unpaired) electrons. The summed E-state index contributed by atoms with van der Waals surface area (Å²) in [4.78, 5) is 15.8. The molecule has 1 aromatic heterocycles. The van der Waals surface area contributed by atoms with E-state index < -0.39 is 0 Å². The van der Waals surface area contributed by atoms with Crippen molar-refractivity contribution in [1.82, 2.24) is 10.3 Å². The van der Waals surface area contributed by atoms with Crippen LogP contribution in [0.3, 0.4) is 0 Å². The molecule has 2 rings (SSSR count). The lowest BCUT2D eigenvalue weighted by atomic mass is 9.79. The topological polar surface area (TPSA) is 62.2 Å². The Labute approximate surface area is 114 Å². The minimum absolute atomic E-state index is 0.0495. The third-order valence-electron chi connectivity index (χ3n) is 3.98. The van der Waals surface area contributed by atoms with Gasteiger partial charge in [0.1, 0.15) is 0 Å². The van der Waals surface area contributed by atoms with Crippen molar-refractivity contribution in [1.29, 1.82) is 0 Å². The molecule has 4 nitrogen and oxygen atoms in total. The van der Waals surface area contributed by atoms with Crippen molar-refractivity contribution in [2.24, 2.45) is 11.8 Å². The first-order valence-electron chi connectivity index (χ1n) is 7.06. The normalized spacial score (nSPS) is 23.0. The first kappa shape index (κ1) is 14.0. The Bertz CT molecular complexity index is 394. The summed E-state index contributed by atoms with van der Waals surface area (Å²) in [6.07, 6.45) is 8.41. The molecule has 104 valence electrons. The summed E-state index contributed by atoms with van der Waals surface area (Å²) in [5.41, 5.74) is 0.981. The molecular formula is C15H22N2O2. The highest BCUT2D eigenvalue weighted by molar-refractivity contribution is 5.78. The van der Waals surface area contributed by atoms with Crippen LogP contribution in [0.15, 0.2) is 24.5 Å². The number of amides is 1. The summed E-state index contributed by atoms with van der Waals surface area (Å²) in [6, 6.07) is 3.72. The van der Waals surface area contributed by atoms with Crippen molar-refractivity contribution in [3.05, 3.63) is 30.1 Å². The van der Waals surface area contributed by atoms with E-state index in [1.807, 2.05) is 12.1 Å². The summed E-state index contributed by atoms with van der Waals surface area (Å²) in [5, 5.41) is 12.3. The summed E-state index contributed by atoms with van der Waals surface area (Å²) in [7, 11) is 0. The summed E-state index contributed by atoms with van der Waals surface area (Å²) >= 11 is 0. The van der Waals surface area contributed by atoms with Crippen molar-refractivity contribution in [3.8, 4) is 0 Å². The van der Waals surface area contributed by atoms with Gasteiger partial charge in [0, 0.05) is 25.5 Å². The van der Waals surface area contributed by atoms with Gasteiger partial charge in [-0.3, -0.25) is 9.78 Å². The molecule has 2 unspecified atom stereocenters. The number of hydrogen-bond donors (Lipinski definition) is 2. The summed E-state index contributed by atoms with van der Waals surface area (Å²) in [6.45, 7) is 0.931. The number of carbonyl (C=O) groups is 1. The Hall–Kier alpha value is -1.42. The molecule has 0 spiro atoms. The zero-order valence-corrected chi connectivity index (χ0v) is 11.2. The van der Waals surface area contributed by atoms with Crippen molar-refractivity contribution < 1.29 is 9.90 Å². The van der Waals surface area contributed by atoms with Gasteiger partial charge in [0.25, 0.3) is 0 Å². The van der Waals surface area contributed by atoms with Crippen LogP contribution in [-0.2, 0) is 11.2 Å². The Balaban J connectivity index is 1.76. The second kappa shape index (κ2) is 7.24. The van der Waals surface area contributed by atoms with E-state index >= 15 is 0 Å². The Kier molecular flexibility index (Phi) is 5.33. The lowest BCUT2D eigenvalue weighted by Crippen LogP contribution is -2.36. The van der Waals surface area contributed by atoms with E-state index in [1.165, 1.54) is 12.8 Å². The molecule has 0 aromatic carbocycles. The fourth-order valence-corrected chi connectivity index (χ4v) is 2.79. The monoisotopic (exact) mass is 262 g/mol. The van der Waals surface area contributed by atoms with Crippen molar-refractivity contribution in [2.75, 3.05) is 13.2 Å². The molecule has 1 aromatic rings. The first-order chi connectivity index (χ1) is 9.29. The smallest absolute Gasteiger partial charge is 0.224 e. The molecule has 0 bridgehead atoms. The maximum absolute atomic E-state index is 11.9. The average molecular weight is 262 g/mol. The van der Waals surface area contributed by atoms with Crippen LogP contribution in [0.2, 0.25) is 0 Å². The molecule has 2 N–H and O–H groups in total. The molecule has 1 aliphatic rings. The molecule has 19 heavy (non-hydrogen) atoms. The fraction of sp³-hybridized carbons (Fsp3) is 0.600. The lowest BCUT2D eigenvalue weighted by Gasteiger charge is -2.30. The quantitative estimate of drug-likeness (QED) is 0.846. The van der Waals surface area contributed by atoms with Crippen LogP contribution < -0.4 is 5.32 Å². The maximum atomic E-state index is 11.9. The third-order valence-corrected chi connectivity index (χ3v) is 3.98. The van der Waals surface area contributed by atoms with Gasteiger partial charge in [0.2, 0.25) is 5.91 Å². The number of pyridine rings is 1. The number of aromatic nitrogens is 1. The number of aliphatic hydroxyl groups is 1. The van der Waals surface area contributed by atoms with Crippen LogP contribution in [-0.4, -0.2) is 29.1 Å². The zero-order chi connectivity index (χ0) is 13.5. The second-order valence-corrected chi connectivity index (χ2v) is 5.32. The standard InChI is InChI=1S/C15H22N2O2/c18-11-14-4-2-1-3-13(14)10-17-15(19)9-12-5-7-16-8-6-12/h5-8,13-14,18H,1-4,9-11H2,(H,17,19). The van der Waals surface area contributed by atoms with Crippen LogP contribution in [0, 0.1) is 11.8 Å². The van der Waals surface area contributed by atoms with E-state index in [4.69, 9.17) is 0 Å². The molecule has 1 amide bonds. The van der Waals surface area contributed by atoms with Gasteiger partial charge in [-0.2, -0.15) is 0 Å². The number of aliphatic hydroxyl groups excluding tert-OH is 1. The number of hydrogen-bond acceptors (Lipinski definition) is 3. The van der Waals surface area contributed by atoms with Gasteiger partial charge in [-0.1, -0.05) is 12.8 Å². The minimum atomic E-state index is 0.0495. The van der Waals surface area contributed by atoms with Gasteiger partial charge in [0.05, 0.1) is 6.42 Å². The molecule has 0 aliphatic heterocycles. The predicted octanol–water partition coefficient (Wildman–Crippen LogP) is 1.54. The van der Waals surface area contributed by atoms with Gasteiger partial charge in [-0.15, -0.1) is 0 Å². The van der Waals surface area contributed by atoms with E-state index in [1.54, 1.807) is 12.4 Å². The zero-order valence-electron chi connectivity index (χ0n) is 11.2. The molecule has 1 heterocycles. The molecule has 2 atom stereocenters. The van der Waals surface area contributed by atoms with Gasteiger partial charge in [-0.25, -0.2) is 0 Å². The van der Waals surface area contributed by atoms with Crippen LogP contribution in [0.1, 0.15) is 31.2 Å². The second-order valence-electron chi connectivity index (χ2n) is 5.32. The highest BCUT2D eigenvalue weighted by Crippen LogP contribution is 2.29. The van der Waals surface area contributed by atoms with E-state index in [0.717, 1.165) is 18.4 Å². The maximum Gasteiger partial charge on any atom is 0.224 e. The van der Waals surface area contributed by atoms with E-state index in [0.29, 0.717) is 24.8 Å². The summed E-state index contributed by atoms with van der Waals surface area (Å²) < 4.78 is 0. The molecule has 1 fully saturated rings. The first-order valence-corrected chi connectivity index (χ1v) is 7.06. The van der Waals surface area contributed by atoms with Crippen molar-refractivity contribution >= 4 is 5.91 Å². The highest BCUT2D eigenvalue weighted by Gasteiger charge is 2.24. The van der Waals surface area contributed by atoms with E-state index in [9.17, 15) is 9.90 Å². The molecule has 4 heteroatoms. The lowest BCUT2D eigenvalue weighted by molar-refractivity contribution is -0.120. The van der Waals surface area contributed by atoms with Crippen LogP contribution >= 0.6 is 0 Å². The van der Waals surface area contributed by atoms with E-state index in [-0.39, 0.29) is 12.5 Å². The Morgan fingerprint density at radius 2 is 1.95 bits per heavy atom. The fourth-order valence-electron chi connectivity index (χ4n) is 2.79. The third kappa shape index (κ3) is 4.31. The molecule has 1 aliphatic carbocycles. The van der Waals surface area contributed by atoms with Crippen LogP contribution in [0.5, 0.6) is 0 Å². The number of nitrogens with zero attached hydrogens (tertiary/aromatic N) is 1. The number of carbonyl (C=O) groups excluding carboxylic acids is 1. The predicted molar refractivity (Wildman–Crippen MR) is 73.5 cm³/mol. The molecule has 0 saturated heterocycles. The number of rotatable bonds is 5. The van der Waals surface area contributed by atoms with Crippen molar-refractivity contribution in [2.45, 2.75) is 32.1 Å². The van der Waals surface area contributed by atoms with Crippen LogP contribution in [0.4, 0.5) is 0 Å². The molecular weight excluding hydrogens is 240 g/mol. The average Bonchev–Trinajstić information content (AvgIpc) is 2.46.